The summed E-state index contributed by atoms with van der Waals surface area (Å²) in [6.07, 6.45) is 10.2. The highest BCUT2D eigenvalue weighted by Crippen LogP contribution is 2.29. The van der Waals surface area contributed by atoms with Crippen LogP contribution in [0.1, 0.15) is 45.8 Å². The van der Waals surface area contributed by atoms with Crippen molar-refractivity contribution in [3.8, 4) is 0 Å². The first kappa shape index (κ1) is 15.6. The van der Waals surface area contributed by atoms with Crippen LogP contribution in [-0.2, 0) is 12.8 Å². The number of aryl methyl sites for hydroxylation is 2. The van der Waals surface area contributed by atoms with Crippen molar-refractivity contribution < 1.29 is 4.79 Å². The molecule has 0 bridgehead atoms. The van der Waals surface area contributed by atoms with Crippen molar-refractivity contribution in [2.24, 2.45) is 0 Å². The molecule has 24 heavy (non-hydrogen) atoms. The van der Waals surface area contributed by atoms with Gasteiger partial charge >= 0.3 is 0 Å². The van der Waals surface area contributed by atoms with Crippen LogP contribution in [0.25, 0.3) is 0 Å². The second-order valence-electron chi connectivity index (χ2n) is 6.55. The molecule has 1 N–H and O–H groups in total. The SMILES string of the molecule is O=C(NC1CCN(c2ncccn2)CC1)c1cc2c(s1)CCCC2. The molecule has 3 heterocycles. The van der Waals surface area contributed by atoms with Gasteiger partial charge in [0.25, 0.3) is 5.91 Å². The van der Waals surface area contributed by atoms with Crippen molar-refractivity contribution in [1.29, 1.82) is 0 Å². The molecule has 0 radical (unpaired) electrons. The van der Waals surface area contributed by atoms with Crippen molar-refractivity contribution in [3.63, 3.8) is 0 Å². The van der Waals surface area contributed by atoms with E-state index in [0.717, 1.165) is 49.6 Å². The van der Waals surface area contributed by atoms with E-state index in [0.29, 0.717) is 0 Å². The maximum absolute atomic E-state index is 12.5. The molecule has 0 unspecified atom stereocenters. The van der Waals surface area contributed by atoms with Gasteiger partial charge in [-0.1, -0.05) is 0 Å². The number of thiophene rings is 1. The Hall–Kier alpha value is -1.95. The first-order valence-corrected chi connectivity index (χ1v) is 9.55. The van der Waals surface area contributed by atoms with Crippen LogP contribution in [0, 0.1) is 0 Å². The van der Waals surface area contributed by atoms with Gasteiger partial charge in [-0.05, 0) is 56.2 Å². The summed E-state index contributed by atoms with van der Waals surface area (Å²) in [7, 11) is 0. The van der Waals surface area contributed by atoms with E-state index < -0.39 is 0 Å². The van der Waals surface area contributed by atoms with Gasteiger partial charge in [-0.3, -0.25) is 4.79 Å². The molecule has 1 amide bonds. The van der Waals surface area contributed by atoms with Crippen molar-refractivity contribution in [3.05, 3.63) is 39.8 Å². The summed E-state index contributed by atoms with van der Waals surface area (Å²) < 4.78 is 0. The van der Waals surface area contributed by atoms with Gasteiger partial charge in [0.2, 0.25) is 5.95 Å². The number of carbonyl (C=O) groups is 1. The van der Waals surface area contributed by atoms with Gasteiger partial charge in [0.05, 0.1) is 4.88 Å². The summed E-state index contributed by atoms with van der Waals surface area (Å²) in [5.74, 6) is 0.886. The van der Waals surface area contributed by atoms with Crippen LogP contribution in [0.5, 0.6) is 0 Å². The summed E-state index contributed by atoms with van der Waals surface area (Å²) in [6, 6.07) is 4.19. The number of rotatable bonds is 3. The van der Waals surface area contributed by atoms with Crippen LogP contribution in [0.4, 0.5) is 5.95 Å². The second kappa shape index (κ2) is 6.89. The zero-order valence-electron chi connectivity index (χ0n) is 13.7. The minimum atomic E-state index is 0.101. The average Bonchev–Trinajstić information content (AvgIpc) is 3.07. The summed E-state index contributed by atoms with van der Waals surface area (Å²) in [6.45, 7) is 1.77. The molecule has 0 spiro atoms. The third kappa shape index (κ3) is 3.29. The minimum absolute atomic E-state index is 0.101. The van der Waals surface area contributed by atoms with Crippen LogP contribution in [0.3, 0.4) is 0 Å². The molecule has 0 atom stereocenters. The highest BCUT2D eigenvalue weighted by molar-refractivity contribution is 7.14. The van der Waals surface area contributed by atoms with Crippen LogP contribution in [0.2, 0.25) is 0 Å². The van der Waals surface area contributed by atoms with Gasteiger partial charge in [0.15, 0.2) is 0 Å². The van der Waals surface area contributed by atoms with E-state index >= 15 is 0 Å². The maximum Gasteiger partial charge on any atom is 0.261 e. The van der Waals surface area contributed by atoms with E-state index in [1.54, 1.807) is 23.7 Å². The third-order valence-electron chi connectivity index (χ3n) is 4.89. The van der Waals surface area contributed by atoms with Crippen molar-refractivity contribution in [2.45, 2.75) is 44.6 Å². The fraction of sp³-hybridized carbons (Fsp3) is 0.500. The molecule has 1 saturated heterocycles. The molecule has 1 aliphatic heterocycles. The Kier molecular flexibility index (Phi) is 4.47. The molecule has 1 aliphatic carbocycles. The highest BCUT2D eigenvalue weighted by atomic mass is 32.1. The summed E-state index contributed by atoms with van der Waals surface area (Å²) in [5.41, 5.74) is 1.40. The standard InChI is InChI=1S/C18H22N4OS/c23-17(16-12-13-4-1-2-5-15(13)24-16)21-14-6-10-22(11-7-14)18-19-8-3-9-20-18/h3,8-9,12,14H,1-2,4-7,10-11H2,(H,21,23). The number of hydrogen-bond acceptors (Lipinski definition) is 5. The number of piperidine rings is 1. The molecule has 126 valence electrons. The van der Waals surface area contributed by atoms with Gasteiger partial charge in [-0.2, -0.15) is 0 Å². The van der Waals surface area contributed by atoms with Gasteiger partial charge in [-0.25, -0.2) is 9.97 Å². The highest BCUT2D eigenvalue weighted by Gasteiger charge is 2.24. The largest absolute Gasteiger partial charge is 0.348 e. The third-order valence-corrected chi connectivity index (χ3v) is 6.12. The summed E-state index contributed by atoms with van der Waals surface area (Å²) in [4.78, 5) is 25.6. The minimum Gasteiger partial charge on any atom is -0.348 e. The lowest BCUT2D eigenvalue weighted by atomic mass is 9.99. The molecule has 2 aliphatic rings. The molecule has 1 fully saturated rings. The fourth-order valence-corrected chi connectivity index (χ4v) is 4.69. The van der Waals surface area contributed by atoms with Gasteiger partial charge in [-0.15, -0.1) is 11.3 Å². The van der Waals surface area contributed by atoms with E-state index in [9.17, 15) is 4.79 Å². The van der Waals surface area contributed by atoms with Crippen LogP contribution in [-0.4, -0.2) is 35.0 Å². The Bertz CT molecular complexity index is 684. The molecular weight excluding hydrogens is 320 g/mol. The Balaban J connectivity index is 1.33. The first-order valence-electron chi connectivity index (χ1n) is 8.74. The number of carbonyl (C=O) groups excluding carboxylic acids is 1. The molecule has 6 heteroatoms. The first-order chi connectivity index (χ1) is 11.8. The summed E-state index contributed by atoms with van der Waals surface area (Å²) in [5, 5.41) is 3.22. The average molecular weight is 342 g/mol. The lowest BCUT2D eigenvalue weighted by molar-refractivity contribution is 0.0935. The Morgan fingerprint density at radius 3 is 2.67 bits per heavy atom. The van der Waals surface area contributed by atoms with Gasteiger partial charge < -0.3 is 10.2 Å². The summed E-state index contributed by atoms with van der Waals surface area (Å²) >= 11 is 1.69. The van der Waals surface area contributed by atoms with Gasteiger partial charge in [0, 0.05) is 36.4 Å². The predicted octanol–water partition coefficient (Wildman–Crippen LogP) is 2.82. The Morgan fingerprint density at radius 2 is 1.92 bits per heavy atom. The normalized spacial score (nSPS) is 18.2. The zero-order valence-corrected chi connectivity index (χ0v) is 14.5. The number of anilines is 1. The molecule has 0 saturated carbocycles. The molecule has 4 rings (SSSR count). The molecule has 2 aromatic heterocycles. The Labute approximate surface area is 146 Å². The quantitative estimate of drug-likeness (QED) is 0.932. The predicted molar refractivity (Wildman–Crippen MR) is 95.7 cm³/mol. The zero-order chi connectivity index (χ0) is 16.4. The lowest BCUT2D eigenvalue weighted by Gasteiger charge is -2.32. The Morgan fingerprint density at radius 1 is 1.17 bits per heavy atom. The smallest absolute Gasteiger partial charge is 0.261 e. The number of amides is 1. The van der Waals surface area contributed by atoms with Crippen molar-refractivity contribution >= 4 is 23.2 Å². The van der Waals surface area contributed by atoms with Crippen LogP contribution >= 0.6 is 11.3 Å². The van der Waals surface area contributed by atoms with Crippen LogP contribution in [0.15, 0.2) is 24.5 Å². The second-order valence-corrected chi connectivity index (χ2v) is 7.69. The lowest BCUT2D eigenvalue weighted by Crippen LogP contribution is -2.45. The number of nitrogens with zero attached hydrogens (tertiary/aromatic N) is 3. The molecule has 2 aromatic rings. The fourth-order valence-electron chi connectivity index (χ4n) is 3.54. The van der Waals surface area contributed by atoms with E-state index in [-0.39, 0.29) is 11.9 Å². The van der Waals surface area contributed by atoms with E-state index in [4.69, 9.17) is 0 Å². The van der Waals surface area contributed by atoms with Crippen molar-refractivity contribution in [2.75, 3.05) is 18.0 Å². The van der Waals surface area contributed by atoms with Crippen LogP contribution < -0.4 is 10.2 Å². The van der Waals surface area contributed by atoms with E-state index in [1.807, 2.05) is 6.07 Å². The molecule has 0 aromatic carbocycles. The topological polar surface area (TPSA) is 58.1 Å². The van der Waals surface area contributed by atoms with E-state index in [2.05, 4.69) is 26.3 Å². The van der Waals surface area contributed by atoms with E-state index in [1.165, 1.54) is 23.3 Å². The molecular formula is C18H22N4OS. The molecule has 5 nitrogen and oxygen atoms in total. The number of nitrogens with one attached hydrogen (secondary N) is 1. The number of fused-ring (bicyclic) bond motifs is 1. The maximum atomic E-state index is 12.5. The number of aromatic nitrogens is 2. The number of hydrogen-bond donors (Lipinski definition) is 1. The monoisotopic (exact) mass is 342 g/mol. The van der Waals surface area contributed by atoms with Gasteiger partial charge in [0.1, 0.15) is 0 Å². The van der Waals surface area contributed by atoms with Crippen molar-refractivity contribution in [1.82, 2.24) is 15.3 Å².